The first kappa shape index (κ1) is 15.8. The van der Waals surface area contributed by atoms with Crippen molar-refractivity contribution in [3.8, 4) is 0 Å². The molecule has 0 bridgehead atoms. The summed E-state index contributed by atoms with van der Waals surface area (Å²) in [4.78, 5) is 0. The predicted octanol–water partition coefficient (Wildman–Crippen LogP) is -1.06. The van der Waals surface area contributed by atoms with E-state index in [0.717, 1.165) is 0 Å². The molecule has 0 aliphatic rings. The molecule has 0 aromatic rings. The first-order chi connectivity index (χ1) is 7.31. The smallest absolute Gasteiger partial charge is 0.105 e. The van der Waals surface area contributed by atoms with E-state index >= 15 is 0 Å². The number of rotatable bonds is 8. The van der Waals surface area contributed by atoms with Gasteiger partial charge in [0, 0.05) is 0 Å². The summed E-state index contributed by atoms with van der Waals surface area (Å²) in [6.45, 7) is 6.72. The van der Waals surface area contributed by atoms with Crippen LogP contribution in [0.2, 0.25) is 0 Å². The highest BCUT2D eigenvalue weighted by atomic mass is 16.3. The van der Waals surface area contributed by atoms with Crippen molar-refractivity contribution in [1.82, 2.24) is 0 Å². The van der Waals surface area contributed by atoms with Crippen LogP contribution >= 0.6 is 0 Å². The Morgan fingerprint density at radius 1 is 0.812 bits per heavy atom. The normalized spacial score (nSPS) is 21.2. The molecule has 0 aliphatic carbocycles. The Labute approximate surface area is 97.5 Å². The second kappa shape index (κ2) is 7.19. The minimum atomic E-state index is -0.524. The topological polar surface area (TPSA) is 80.9 Å². The van der Waals surface area contributed by atoms with Gasteiger partial charge in [0.1, 0.15) is 44.5 Å². The highest BCUT2D eigenvalue weighted by Gasteiger charge is 2.31. The predicted molar refractivity (Wildman–Crippen MR) is 61.9 cm³/mol. The Morgan fingerprint density at radius 3 is 1.31 bits per heavy atom. The number of aliphatic hydroxyl groups excluding tert-OH is 4. The van der Waals surface area contributed by atoms with E-state index in [1.165, 1.54) is 0 Å². The second-order valence-electron chi connectivity index (χ2n) is 4.88. The molecule has 0 aromatic carbocycles. The Bertz CT molecular complexity index is 156. The molecular weight excluding hydrogens is 210 g/mol. The molecule has 0 saturated heterocycles. The number of aliphatic hydroxyl groups is 4. The Hall–Kier alpha value is -0.200. The van der Waals surface area contributed by atoms with Crippen molar-refractivity contribution in [3.05, 3.63) is 0 Å². The third kappa shape index (κ3) is 6.40. The van der Waals surface area contributed by atoms with Crippen molar-refractivity contribution in [1.29, 1.82) is 0 Å². The van der Waals surface area contributed by atoms with Gasteiger partial charge in [0.05, 0.1) is 6.61 Å². The Balaban J connectivity index is 4.72. The molecule has 5 heteroatoms. The van der Waals surface area contributed by atoms with Gasteiger partial charge in [-0.15, -0.1) is 0 Å². The molecular formula is C11H26NO4+. The first-order valence-corrected chi connectivity index (χ1v) is 5.81. The van der Waals surface area contributed by atoms with E-state index < -0.39 is 18.3 Å². The fourth-order valence-electron chi connectivity index (χ4n) is 2.39. The zero-order valence-corrected chi connectivity index (χ0v) is 10.5. The summed E-state index contributed by atoms with van der Waals surface area (Å²) in [5, 5.41) is 37.5. The van der Waals surface area contributed by atoms with Gasteiger partial charge in [0.25, 0.3) is 0 Å². The molecule has 0 rings (SSSR count). The molecule has 3 unspecified atom stereocenters. The SMILES string of the molecule is CC(O)C[N+](CCO)(CC(C)O)CC(C)O. The van der Waals surface area contributed by atoms with Crippen molar-refractivity contribution in [2.24, 2.45) is 0 Å². The molecule has 98 valence electrons. The largest absolute Gasteiger partial charge is 0.391 e. The van der Waals surface area contributed by atoms with Crippen molar-refractivity contribution in [3.63, 3.8) is 0 Å². The van der Waals surface area contributed by atoms with Crippen molar-refractivity contribution in [2.75, 3.05) is 32.8 Å². The van der Waals surface area contributed by atoms with E-state index in [2.05, 4.69) is 0 Å². The number of quaternary nitrogens is 1. The lowest BCUT2D eigenvalue weighted by molar-refractivity contribution is -0.935. The zero-order valence-electron chi connectivity index (χ0n) is 10.5. The molecule has 0 heterocycles. The molecule has 0 saturated carbocycles. The lowest BCUT2D eigenvalue weighted by atomic mass is 10.2. The summed E-state index contributed by atoms with van der Waals surface area (Å²) in [7, 11) is 0. The lowest BCUT2D eigenvalue weighted by Crippen LogP contribution is -2.59. The number of hydrogen-bond acceptors (Lipinski definition) is 4. The molecule has 3 atom stereocenters. The van der Waals surface area contributed by atoms with Gasteiger partial charge in [-0.05, 0) is 20.8 Å². The first-order valence-electron chi connectivity index (χ1n) is 5.81. The van der Waals surface area contributed by atoms with Gasteiger partial charge in [-0.1, -0.05) is 0 Å². The Kier molecular flexibility index (Phi) is 7.10. The summed E-state index contributed by atoms with van der Waals surface area (Å²) in [6.07, 6.45) is -1.57. The maximum Gasteiger partial charge on any atom is 0.105 e. The van der Waals surface area contributed by atoms with Crippen molar-refractivity contribution < 1.29 is 24.9 Å². The van der Waals surface area contributed by atoms with Crippen LogP contribution in [-0.4, -0.2) is 76.0 Å². The monoisotopic (exact) mass is 236 g/mol. The summed E-state index contributed by atoms with van der Waals surface area (Å²) < 4.78 is 0.337. The minimum Gasteiger partial charge on any atom is -0.391 e. The molecule has 16 heavy (non-hydrogen) atoms. The molecule has 0 aliphatic heterocycles. The van der Waals surface area contributed by atoms with E-state index in [0.29, 0.717) is 30.7 Å². The van der Waals surface area contributed by atoms with Crippen molar-refractivity contribution in [2.45, 2.75) is 39.1 Å². The Morgan fingerprint density at radius 2 is 1.12 bits per heavy atom. The van der Waals surface area contributed by atoms with Crippen molar-refractivity contribution >= 4 is 0 Å². The van der Waals surface area contributed by atoms with E-state index in [-0.39, 0.29) is 6.61 Å². The quantitative estimate of drug-likeness (QED) is 0.405. The van der Waals surface area contributed by atoms with Gasteiger partial charge in [-0.2, -0.15) is 0 Å². The number of hydrogen-bond donors (Lipinski definition) is 4. The van der Waals surface area contributed by atoms with E-state index in [9.17, 15) is 15.3 Å². The highest BCUT2D eigenvalue weighted by Crippen LogP contribution is 2.12. The lowest BCUT2D eigenvalue weighted by Gasteiger charge is -2.40. The molecule has 0 aromatic heterocycles. The van der Waals surface area contributed by atoms with E-state index in [1.807, 2.05) is 0 Å². The minimum absolute atomic E-state index is 0.0217. The van der Waals surface area contributed by atoms with Crippen LogP contribution in [0.4, 0.5) is 0 Å². The average Bonchev–Trinajstić information content (AvgIpc) is 1.98. The molecule has 0 amide bonds. The van der Waals surface area contributed by atoms with Gasteiger partial charge in [0.2, 0.25) is 0 Å². The van der Waals surface area contributed by atoms with Crippen LogP contribution in [0.1, 0.15) is 20.8 Å². The molecule has 0 spiro atoms. The maximum absolute atomic E-state index is 9.48. The van der Waals surface area contributed by atoms with Crippen LogP contribution in [-0.2, 0) is 0 Å². The standard InChI is InChI=1S/C11H26NO4/c1-9(14)6-12(4-5-13,7-10(2)15)8-11(3)16/h9-11,13-16H,4-8H2,1-3H3/q+1. The fourth-order valence-corrected chi connectivity index (χ4v) is 2.39. The summed E-state index contributed by atoms with van der Waals surface area (Å²) in [5.74, 6) is 0. The van der Waals surface area contributed by atoms with Gasteiger partial charge in [0.15, 0.2) is 0 Å². The molecule has 0 radical (unpaired) electrons. The average molecular weight is 236 g/mol. The summed E-state index contributed by atoms with van der Waals surface area (Å²) in [5.41, 5.74) is 0. The van der Waals surface area contributed by atoms with Gasteiger partial charge in [-0.25, -0.2) is 0 Å². The van der Waals surface area contributed by atoms with E-state index in [4.69, 9.17) is 5.11 Å². The third-order valence-corrected chi connectivity index (χ3v) is 2.53. The maximum atomic E-state index is 9.48. The summed E-state index contributed by atoms with van der Waals surface area (Å²) in [6, 6.07) is 0. The van der Waals surface area contributed by atoms with Gasteiger partial charge < -0.3 is 24.9 Å². The number of nitrogens with zero attached hydrogens (tertiary/aromatic N) is 1. The van der Waals surface area contributed by atoms with Crippen LogP contribution in [0.5, 0.6) is 0 Å². The van der Waals surface area contributed by atoms with Gasteiger partial charge in [-0.3, -0.25) is 0 Å². The second-order valence-corrected chi connectivity index (χ2v) is 4.88. The molecule has 5 nitrogen and oxygen atoms in total. The van der Waals surface area contributed by atoms with E-state index in [1.54, 1.807) is 20.8 Å². The molecule has 0 fully saturated rings. The van der Waals surface area contributed by atoms with Crippen LogP contribution in [0.3, 0.4) is 0 Å². The van der Waals surface area contributed by atoms with Crippen LogP contribution in [0.15, 0.2) is 0 Å². The highest BCUT2D eigenvalue weighted by molar-refractivity contribution is 4.57. The van der Waals surface area contributed by atoms with Crippen LogP contribution in [0.25, 0.3) is 0 Å². The summed E-state index contributed by atoms with van der Waals surface area (Å²) >= 11 is 0. The van der Waals surface area contributed by atoms with Crippen LogP contribution in [0, 0.1) is 0 Å². The molecule has 4 N–H and O–H groups in total. The van der Waals surface area contributed by atoms with Crippen LogP contribution < -0.4 is 0 Å². The van der Waals surface area contributed by atoms with Gasteiger partial charge >= 0.3 is 0 Å². The fraction of sp³-hybridized carbons (Fsp3) is 1.00. The third-order valence-electron chi connectivity index (χ3n) is 2.53. The zero-order chi connectivity index (χ0) is 12.8.